The molecule has 1 heterocycles. The molecular formula is C16H32N2O2S. The Morgan fingerprint density at radius 3 is 2.43 bits per heavy atom. The third-order valence-corrected chi connectivity index (χ3v) is 6.82. The second kappa shape index (κ2) is 6.55. The summed E-state index contributed by atoms with van der Waals surface area (Å²) in [6, 6.07) is 0.241. The first-order valence-corrected chi connectivity index (χ1v) is 10.2. The summed E-state index contributed by atoms with van der Waals surface area (Å²) in [4.78, 5) is 0. The van der Waals surface area contributed by atoms with Crippen molar-refractivity contribution in [3.8, 4) is 0 Å². The predicted molar refractivity (Wildman–Crippen MR) is 87.5 cm³/mol. The van der Waals surface area contributed by atoms with E-state index in [1.807, 2.05) is 0 Å². The molecule has 0 aromatic rings. The first-order valence-electron chi connectivity index (χ1n) is 8.38. The van der Waals surface area contributed by atoms with Crippen molar-refractivity contribution in [3.63, 3.8) is 0 Å². The average Bonchev–Trinajstić information content (AvgIpc) is 2.37. The SMILES string of the molecule is CC1(C)CCC(C(N)CC2CCCN(S(C)(=O)=O)C2)CC1. The minimum atomic E-state index is -3.04. The summed E-state index contributed by atoms with van der Waals surface area (Å²) in [5.41, 5.74) is 6.93. The Morgan fingerprint density at radius 1 is 1.24 bits per heavy atom. The molecule has 2 unspecified atom stereocenters. The van der Waals surface area contributed by atoms with E-state index in [0.717, 1.165) is 19.3 Å². The Kier molecular flexibility index (Phi) is 5.37. The highest BCUT2D eigenvalue weighted by molar-refractivity contribution is 7.88. The van der Waals surface area contributed by atoms with Gasteiger partial charge in [-0.15, -0.1) is 0 Å². The first-order chi connectivity index (χ1) is 9.67. The molecule has 1 saturated carbocycles. The normalized spacial score (nSPS) is 30.2. The van der Waals surface area contributed by atoms with Crippen molar-refractivity contribution in [1.82, 2.24) is 4.31 Å². The van der Waals surface area contributed by atoms with Crippen LogP contribution in [0.3, 0.4) is 0 Å². The molecule has 5 heteroatoms. The van der Waals surface area contributed by atoms with Crippen molar-refractivity contribution < 1.29 is 8.42 Å². The van der Waals surface area contributed by atoms with Gasteiger partial charge in [0, 0.05) is 19.1 Å². The number of hydrogen-bond donors (Lipinski definition) is 1. The lowest BCUT2D eigenvalue weighted by Crippen LogP contribution is -2.43. The minimum Gasteiger partial charge on any atom is -0.327 e. The number of piperidine rings is 1. The first kappa shape index (κ1) is 17.2. The van der Waals surface area contributed by atoms with Crippen LogP contribution in [0.4, 0.5) is 0 Å². The van der Waals surface area contributed by atoms with E-state index in [-0.39, 0.29) is 6.04 Å². The van der Waals surface area contributed by atoms with Gasteiger partial charge in [0.25, 0.3) is 0 Å². The van der Waals surface area contributed by atoms with Crippen LogP contribution < -0.4 is 5.73 Å². The van der Waals surface area contributed by atoms with Crippen molar-refractivity contribution in [3.05, 3.63) is 0 Å². The molecule has 2 N–H and O–H groups in total. The molecule has 1 aliphatic carbocycles. The van der Waals surface area contributed by atoms with Crippen LogP contribution in [0.25, 0.3) is 0 Å². The number of hydrogen-bond acceptors (Lipinski definition) is 3. The van der Waals surface area contributed by atoms with Crippen LogP contribution in [0.15, 0.2) is 0 Å². The quantitative estimate of drug-likeness (QED) is 0.867. The van der Waals surface area contributed by atoms with E-state index in [4.69, 9.17) is 5.73 Å². The molecule has 0 aromatic carbocycles. The molecule has 1 saturated heterocycles. The Bertz CT molecular complexity index is 437. The molecule has 1 aliphatic heterocycles. The molecule has 0 bridgehead atoms. The van der Waals surface area contributed by atoms with Gasteiger partial charge in [-0.1, -0.05) is 13.8 Å². The fourth-order valence-corrected chi connectivity index (χ4v) is 4.89. The van der Waals surface area contributed by atoms with Crippen LogP contribution in [-0.4, -0.2) is 38.1 Å². The summed E-state index contributed by atoms with van der Waals surface area (Å²) in [5.74, 6) is 1.07. The number of nitrogens with zero attached hydrogens (tertiary/aromatic N) is 1. The summed E-state index contributed by atoms with van der Waals surface area (Å²) in [7, 11) is -3.04. The van der Waals surface area contributed by atoms with Crippen LogP contribution >= 0.6 is 0 Å². The summed E-state index contributed by atoms with van der Waals surface area (Å²) in [6.45, 7) is 6.05. The van der Waals surface area contributed by atoms with E-state index in [1.54, 1.807) is 4.31 Å². The van der Waals surface area contributed by atoms with Gasteiger partial charge in [-0.2, -0.15) is 0 Å². The van der Waals surface area contributed by atoms with Gasteiger partial charge >= 0.3 is 0 Å². The van der Waals surface area contributed by atoms with Gasteiger partial charge in [-0.05, 0) is 62.2 Å². The van der Waals surface area contributed by atoms with Gasteiger partial charge in [0.2, 0.25) is 10.0 Å². The molecule has 2 aliphatic rings. The van der Waals surface area contributed by atoms with Crippen LogP contribution in [0.5, 0.6) is 0 Å². The van der Waals surface area contributed by atoms with E-state index in [9.17, 15) is 8.42 Å². The Morgan fingerprint density at radius 2 is 1.86 bits per heavy atom. The van der Waals surface area contributed by atoms with Crippen LogP contribution in [0.2, 0.25) is 0 Å². The zero-order valence-corrected chi connectivity index (χ0v) is 14.7. The summed E-state index contributed by atoms with van der Waals surface area (Å²) in [6.07, 6.45) is 9.40. The maximum atomic E-state index is 11.7. The van der Waals surface area contributed by atoms with Gasteiger partial charge in [0.15, 0.2) is 0 Å². The molecule has 4 nitrogen and oxygen atoms in total. The molecule has 2 rings (SSSR count). The van der Waals surface area contributed by atoms with Crippen molar-refractivity contribution in [2.24, 2.45) is 23.0 Å². The molecule has 0 spiro atoms. The number of nitrogens with two attached hydrogens (primary N) is 1. The molecule has 0 radical (unpaired) electrons. The largest absolute Gasteiger partial charge is 0.327 e. The van der Waals surface area contributed by atoms with Crippen LogP contribution in [-0.2, 0) is 10.0 Å². The Hall–Kier alpha value is -0.130. The molecule has 2 fully saturated rings. The van der Waals surface area contributed by atoms with E-state index < -0.39 is 10.0 Å². The highest BCUT2D eigenvalue weighted by Crippen LogP contribution is 2.40. The highest BCUT2D eigenvalue weighted by atomic mass is 32.2. The predicted octanol–water partition coefficient (Wildman–Crippen LogP) is 2.59. The molecule has 0 aromatic heterocycles. The van der Waals surface area contributed by atoms with E-state index in [1.165, 1.54) is 31.9 Å². The zero-order chi connectivity index (χ0) is 15.7. The molecule has 124 valence electrons. The number of rotatable bonds is 4. The second-order valence-corrected chi connectivity index (χ2v) is 10.0. The summed E-state index contributed by atoms with van der Waals surface area (Å²) in [5, 5.41) is 0. The van der Waals surface area contributed by atoms with Gasteiger partial charge in [-0.25, -0.2) is 12.7 Å². The lowest BCUT2D eigenvalue weighted by molar-refractivity contribution is 0.154. The van der Waals surface area contributed by atoms with Crippen LogP contribution in [0.1, 0.15) is 58.8 Å². The van der Waals surface area contributed by atoms with Crippen molar-refractivity contribution >= 4 is 10.0 Å². The van der Waals surface area contributed by atoms with Crippen molar-refractivity contribution in [2.45, 2.75) is 64.8 Å². The van der Waals surface area contributed by atoms with E-state index in [0.29, 0.717) is 30.3 Å². The van der Waals surface area contributed by atoms with Gasteiger partial charge in [0.05, 0.1) is 6.26 Å². The third-order valence-electron chi connectivity index (χ3n) is 5.55. The fourth-order valence-electron chi connectivity index (χ4n) is 3.95. The molecular weight excluding hydrogens is 284 g/mol. The lowest BCUT2D eigenvalue weighted by atomic mass is 9.70. The number of sulfonamides is 1. The highest BCUT2D eigenvalue weighted by Gasteiger charge is 2.32. The average molecular weight is 317 g/mol. The Balaban J connectivity index is 1.84. The standard InChI is InChI=1S/C16H32N2O2S/c1-16(2)8-6-14(7-9-16)15(17)11-13-5-4-10-18(12-13)21(3,19)20/h13-15H,4-12,17H2,1-3H3. The van der Waals surface area contributed by atoms with Gasteiger partial charge < -0.3 is 5.73 Å². The molecule has 2 atom stereocenters. The maximum Gasteiger partial charge on any atom is 0.211 e. The smallest absolute Gasteiger partial charge is 0.211 e. The van der Waals surface area contributed by atoms with E-state index >= 15 is 0 Å². The molecule has 0 amide bonds. The van der Waals surface area contributed by atoms with Gasteiger partial charge in [0.1, 0.15) is 0 Å². The van der Waals surface area contributed by atoms with Crippen LogP contribution in [0, 0.1) is 17.3 Å². The lowest BCUT2D eigenvalue weighted by Gasteiger charge is -2.39. The van der Waals surface area contributed by atoms with Crippen molar-refractivity contribution in [1.29, 1.82) is 0 Å². The third kappa shape index (κ3) is 4.93. The maximum absolute atomic E-state index is 11.7. The topological polar surface area (TPSA) is 63.4 Å². The summed E-state index contributed by atoms with van der Waals surface area (Å²) >= 11 is 0. The molecule has 21 heavy (non-hydrogen) atoms. The monoisotopic (exact) mass is 316 g/mol. The minimum absolute atomic E-state index is 0.241. The Labute approximate surface area is 130 Å². The zero-order valence-electron chi connectivity index (χ0n) is 13.8. The van der Waals surface area contributed by atoms with E-state index in [2.05, 4.69) is 13.8 Å². The fraction of sp³-hybridized carbons (Fsp3) is 1.00. The van der Waals surface area contributed by atoms with Crippen molar-refractivity contribution in [2.75, 3.05) is 19.3 Å². The van der Waals surface area contributed by atoms with Gasteiger partial charge in [-0.3, -0.25) is 0 Å². The second-order valence-electron chi connectivity index (χ2n) is 8.03. The summed E-state index contributed by atoms with van der Waals surface area (Å²) < 4.78 is 25.0.